The second-order valence-corrected chi connectivity index (χ2v) is 9.97. The highest BCUT2D eigenvalue weighted by molar-refractivity contribution is 6.04. The molecule has 0 radical (unpaired) electrons. The van der Waals surface area contributed by atoms with E-state index in [4.69, 9.17) is 14.2 Å². The molecule has 10 heteroatoms. The van der Waals surface area contributed by atoms with Crippen molar-refractivity contribution in [3.8, 4) is 17.2 Å². The van der Waals surface area contributed by atoms with Crippen LogP contribution in [-0.4, -0.2) is 86.3 Å². The highest BCUT2D eigenvalue weighted by Gasteiger charge is 2.15. The van der Waals surface area contributed by atoms with Crippen LogP contribution in [-0.2, 0) is 0 Å². The van der Waals surface area contributed by atoms with Gasteiger partial charge in [0.25, 0.3) is 5.91 Å². The van der Waals surface area contributed by atoms with Crippen molar-refractivity contribution in [3.63, 3.8) is 0 Å². The lowest BCUT2D eigenvalue weighted by molar-refractivity contribution is 0.102. The van der Waals surface area contributed by atoms with Gasteiger partial charge in [-0.05, 0) is 68.1 Å². The van der Waals surface area contributed by atoms with Gasteiger partial charge in [0.15, 0.2) is 11.5 Å². The zero-order valence-corrected chi connectivity index (χ0v) is 23.7. The maximum atomic E-state index is 12.6. The van der Waals surface area contributed by atoms with Crippen molar-refractivity contribution in [2.24, 2.45) is 0 Å². The molecule has 0 unspecified atom stereocenters. The summed E-state index contributed by atoms with van der Waals surface area (Å²) in [7, 11) is 5.39. The molecule has 41 heavy (non-hydrogen) atoms. The van der Waals surface area contributed by atoms with Gasteiger partial charge in [0.1, 0.15) is 17.9 Å². The number of benzene rings is 3. The van der Waals surface area contributed by atoms with Gasteiger partial charge >= 0.3 is 0 Å². The Hall–Kier alpha value is -4.41. The number of carbonyl (C=O) groups excluding carboxylic acids is 1. The number of fused-ring (bicyclic) bond motifs is 1. The molecule has 1 aliphatic rings. The number of amides is 1. The van der Waals surface area contributed by atoms with Crippen LogP contribution in [0, 0.1) is 0 Å². The van der Waals surface area contributed by atoms with Crippen LogP contribution in [0.5, 0.6) is 17.2 Å². The summed E-state index contributed by atoms with van der Waals surface area (Å²) in [5.74, 6) is 2.45. The van der Waals surface area contributed by atoms with E-state index in [9.17, 15) is 4.79 Å². The molecule has 2 heterocycles. The molecule has 214 valence electrons. The average Bonchev–Trinajstić information content (AvgIpc) is 3.01. The minimum Gasteiger partial charge on any atom is -0.497 e. The molecule has 5 rings (SSSR count). The Bertz CT molecular complexity index is 1450. The Morgan fingerprint density at radius 1 is 0.878 bits per heavy atom. The number of likely N-dealkylation sites (N-methyl/N-ethyl adjacent to an activating group) is 1. The van der Waals surface area contributed by atoms with Gasteiger partial charge in [-0.15, -0.1) is 0 Å². The Labute approximate surface area is 240 Å². The van der Waals surface area contributed by atoms with Crippen LogP contribution in [0.2, 0.25) is 0 Å². The molecule has 1 saturated heterocycles. The smallest absolute Gasteiger partial charge is 0.255 e. The molecule has 2 N–H and O–H groups in total. The summed E-state index contributed by atoms with van der Waals surface area (Å²) >= 11 is 0. The Morgan fingerprint density at radius 2 is 1.61 bits per heavy atom. The van der Waals surface area contributed by atoms with Gasteiger partial charge in [-0.25, -0.2) is 9.97 Å². The quantitative estimate of drug-likeness (QED) is 0.256. The summed E-state index contributed by atoms with van der Waals surface area (Å²) in [6.45, 7) is 6.05. The molecule has 1 aromatic heterocycles. The van der Waals surface area contributed by atoms with Crippen LogP contribution in [0.4, 0.5) is 17.2 Å². The van der Waals surface area contributed by atoms with Crippen LogP contribution in [0.3, 0.4) is 0 Å². The van der Waals surface area contributed by atoms with E-state index in [2.05, 4.69) is 37.4 Å². The minimum absolute atomic E-state index is 0.195. The lowest BCUT2D eigenvalue weighted by Crippen LogP contribution is -2.44. The topological polar surface area (TPSA) is 101 Å². The molecule has 3 aromatic carbocycles. The molecule has 0 bridgehead atoms. The van der Waals surface area contributed by atoms with Gasteiger partial charge in [-0.3, -0.25) is 4.79 Å². The number of hydrogen-bond acceptors (Lipinski definition) is 9. The molecule has 0 aliphatic carbocycles. The maximum absolute atomic E-state index is 12.6. The molecule has 0 spiro atoms. The fraction of sp³-hybridized carbons (Fsp3) is 0.323. The second-order valence-electron chi connectivity index (χ2n) is 9.97. The maximum Gasteiger partial charge on any atom is 0.255 e. The first-order valence-corrected chi connectivity index (χ1v) is 13.7. The summed E-state index contributed by atoms with van der Waals surface area (Å²) in [6, 6.07) is 18.2. The third kappa shape index (κ3) is 7.22. The van der Waals surface area contributed by atoms with Crippen LogP contribution < -0.4 is 24.8 Å². The van der Waals surface area contributed by atoms with Crippen molar-refractivity contribution in [2.45, 2.75) is 6.42 Å². The fourth-order valence-electron chi connectivity index (χ4n) is 4.70. The highest BCUT2D eigenvalue weighted by atomic mass is 16.5. The molecular formula is C31H36N6O4. The highest BCUT2D eigenvalue weighted by Crippen LogP contribution is 2.35. The van der Waals surface area contributed by atoms with Crippen molar-refractivity contribution in [1.82, 2.24) is 19.8 Å². The Balaban J connectivity index is 1.21. The lowest BCUT2D eigenvalue weighted by Gasteiger charge is -2.32. The van der Waals surface area contributed by atoms with Crippen molar-refractivity contribution in [3.05, 3.63) is 72.6 Å². The first-order chi connectivity index (χ1) is 20.0. The number of methoxy groups -OCH3 is 2. The molecule has 10 nitrogen and oxygen atoms in total. The third-order valence-electron chi connectivity index (χ3n) is 7.15. The van der Waals surface area contributed by atoms with Crippen molar-refractivity contribution in [2.75, 3.05) is 71.2 Å². The summed E-state index contributed by atoms with van der Waals surface area (Å²) in [6.07, 6.45) is 2.47. The number of anilines is 3. The number of nitrogens with zero attached hydrogens (tertiary/aromatic N) is 4. The number of nitrogens with one attached hydrogen (secondary N) is 2. The van der Waals surface area contributed by atoms with Crippen LogP contribution in [0.1, 0.15) is 16.8 Å². The Kier molecular flexibility index (Phi) is 9.12. The summed E-state index contributed by atoms with van der Waals surface area (Å²) in [4.78, 5) is 26.3. The van der Waals surface area contributed by atoms with Crippen LogP contribution in [0.25, 0.3) is 10.9 Å². The summed E-state index contributed by atoms with van der Waals surface area (Å²) in [5.41, 5.74) is 2.80. The first kappa shape index (κ1) is 28.1. The SMILES string of the molecule is COc1ccc(C(=O)Nc2ccc(Nc3ncnc4cc(OCCCN5CCN(C)CC5)c(OC)cc34)cc2)cc1. The van der Waals surface area contributed by atoms with E-state index in [0.29, 0.717) is 40.9 Å². The number of piperazine rings is 1. The summed E-state index contributed by atoms with van der Waals surface area (Å²) < 4.78 is 16.9. The van der Waals surface area contributed by atoms with Crippen molar-refractivity contribution < 1.29 is 19.0 Å². The molecule has 1 amide bonds. The minimum atomic E-state index is -0.195. The zero-order valence-electron chi connectivity index (χ0n) is 23.7. The molecule has 0 saturated carbocycles. The molecule has 1 fully saturated rings. The van der Waals surface area contributed by atoms with Gasteiger partial charge in [-0.2, -0.15) is 0 Å². The van der Waals surface area contributed by atoms with Gasteiger partial charge in [0, 0.05) is 61.1 Å². The number of rotatable bonds is 11. The van der Waals surface area contributed by atoms with Crippen LogP contribution in [0.15, 0.2) is 67.0 Å². The average molecular weight is 557 g/mol. The molecule has 0 atom stereocenters. The van der Waals surface area contributed by atoms with E-state index < -0.39 is 0 Å². The van der Waals surface area contributed by atoms with E-state index in [-0.39, 0.29) is 5.91 Å². The predicted octanol–water partition coefficient (Wildman–Crippen LogP) is 4.66. The molecular weight excluding hydrogens is 520 g/mol. The van der Waals surface area contributed by atoms with Gasteiger partial charge in [-0.1, -0.05) is 0 Å². The van der Waals surface area contributed by atoms with E-state index in [0.717, 1.165) is 55.7 Å². The number of aromatic nitrogens is 2. The number of carbonyl (C=O) groups is 1. The van der Waals surface area contributed by atoms with E-state index in [1.807, 2.05) is 36.4 Å². The van der Waals surface area contributed by atoms with E-state index >= 15 is 0 Å². The van der Waals surface area contributed by atoms with E-state index in [1.165, 1.54) is 6.33 Å². The summed E-state index contributed by atoms with van der Waals surface area (Å²) in [5, 5.41) is 7.07. The van der Waals surface area contributed by atoms with Gasteiger partial charge in [0.05, 0.1) is 26.3 Å². The van der Waals surface area contributed by atoms with Gasteiger partial charge in [0.2, 0.25) is 0 Å². The van der Waals surface area contributed by atoms with Crippen LogP contribution >= 0.6 is 0 Å². The largest absolute Gasteiger partial charge is 0.497 e. The van der Waals surface area contributed by atoms with Gasteiger partial charge < -0.3 is 34.6 Å². The fourth-order valence-corrected chi connectivity index (χ4v) is 4.70. The van der Waals surface area contributed by atoms with Crippen molar-refractivity contribution >= 4 is 34.0 Å². The van der Waals surface area contributed by atoms with Crippen molar-refractivity contribution in [1.29, 1.82) is 0 Å². The molecule has 1 aliphatic heterocycles. The lowest BCUT2D eigenvalue weighted by atomic mass is 10.2. The normalized spacial score (nSPS) is 14.0. The molecule has 4 aromatic rings. The third-order valence-corrected chi connectivity index (χ3v) is 7.15. The number of ether oxygens (including phenoxy) is 3. The monoisotopic (exact) mass is 556 g/mol. The predicted molar refractivity (Wildman–Crippen MR) is 161 cm³/mol. The standard InChI is InChI=1S/C31H36N6O4/c1-36-14-16-37(17-15-36)13-4-18-41-29-20-27-26(19-28(29)40-3)30(33-21-32-27)34-23-7-9-24(10-8-23)35-31(38)22-5-11-25(39-2)12-6-22/h5-12,19-21H,4,13-18H2,1-3H3,(H,35,38)(H,32,33,34). The van der Waals surface area contributed by atoms with E-state index in [1.54, 1.807) is 38.5 Å². The zero-order chi connectivity index (χ0) is 28.6. The second kappa shape index (κ2) is 13.3. The Morgan fingerprint density at radius 3 is 2.32 bits per heavy atom. The number of hydrogen-bond donors (Lipinski definition) is 2. The first-order valence-electron chi connectivity index (χ1n) is 13.7.